The molecule has 1 aromatic rings. The van der Waals surface area contributed by atoms with Crippen LogP contribution in [-0.4, -0.2) is 55.9 Å². The number of ether oxygens (including phenoxy) is 1. The molecule has 1 aromatic heterocycles. The van der Waals surface area contributed by atoms with Gasteiger partial charge in [0.2, 0.25) is 0 Å². The van der Waals surface area contributed by atoms with E-state index >= 15 is 0 Å². The van der Waals surface area contributed by atoms with Crippen LogP contribution in [0.5, 0.6) is 0 Å². The maximum atomic E-state index is 12.0. The molecule has 1 saturated heterocycles. The number of amides is 1. The highest BCUT2D eigenvalue weighted by molar-refractivity contribution is 5.68. The van der Waals surface area contributed by atoms with E-state index in [1.165, 1.54) is 4.90 Å². The van der Waals surface area contributed by atoms with Crippen molar-refractivity contribution < 1.29 is 14.6 Å². The van der Waals surface area contributed by atoms with Crippen LogP contribution in [0.15, 0.2) is 6.20 Å². The van der Waals surface area contributed by atoms with Crippen LogP contribution in [0, 0.1) is 0 Å². The van der Waals surface area contributed by atoms with Crippen molar-refractivity contribution in [3.05, 3.63) is 11.9 Å². The van der Waals surface area contributed by atoms with Crippen molar-refractivity contribution in [3.8, 4) is 0 Å². The van der Waals surface area contributed by atoms with E-state index in [0.717, 1.165) is 5.69 Å². The van der Waals surface area contributed by atoms with Crippen molar-refractivity contribution in [1.29, 1.82) is 0 Å². The van der Waals surface area contributed by atoms with Gasteiger partial charge in [-0.15, -0.1) is 5.10 Å². The smallest absolute Gasteiger partial charge is 0.410 e. The highest BCUT2D eigenvalue weighted by atomic mass is 16.6. The lowest BCUT2D eigenvalue weighted by molar-refractivity contribution is 0.0270. The summed E-state index contributed by atoms with van der Waals surface area (Å²) < 4.78 is 7.07. The fourth-order valence-corrected chi connectivity index (χ4v) is 2.35. The molecule has 2 rings (SSSR count). The summed E-state index contributed by atoms with van der Waals surface area (Å²) in [4.78, 5) is 13.6. The second kappa shape index (κ2) is 5.40. The molecule has 0 aliphatic carbocycles. The molecule has 112 valence electrons. The van der Waals surface area contributed by atoms with E-state index in [9.17, 15) is 9.90 Å². The SMILES string of the molecule is CCn1nncc1[C@@H]1CN(C(=O)OC(C)(C)C)C[C@H]1O. The molecule has 1 fully saturated rings. The standard InChI is InChI=1S/C13H22N4O3/c1-5-17-10(6-14-15-17)9-7-16(8-11(9)18)12(19)20-13(2,3)4/h6,9,11,18H,5,7-8H2,1-4H3/t9-,11+/m0/s1. The first-order valence-electron chi connectivity index (χ1n) is 6.86. The summed E-state index contributed by atoms with van der Waals surface area (Å²) in [6.07, 6.45) is 0.636. The molecule has 0 radical (unpaired) electrons. The number of hydrogen-bond donors (Lipinski definition) is 1. The summed E-state index contributed by atoms with van der Waals surface area (Å²) in [5.41, 5.74) is 0.318. The number of rotatable bonds is 2. The van der Waals surface area contributed by atoms with Crippen LogP contribution < -0.4 is 0 Å². The van der Waals surface area contributed by atoms with Gasteiger partial charge in [0.25, 0.3) is 0 Å². The van der Waals surface area contributed by atoms with Gasteiger partial charge in [-0.25, -0.2) is 9.48 Å². The molecule has 7 nitrogen and oxygen atoms in total. The third-order valence-electron chi connectivity index (χ3n) is 3.27. The van der Waals surface area contributed by atoms with Crippen molar-refractivity contribution in [2.75, 3.05) is 13.1 Å². The van der Waals surface area contributed by atoms with E-state index in [0.29, 0.717) is 13.1 Å². The first kappa shape index (κ1) is 14.8. The average Bonchev–Trinajstić information content (AvgIpc) is 2.92. The van der Waals surface area contributed by atoms with Crippen LogP contribution in [-0.2, 0) is 11.3 Å². The molecule has 1 amide bonds. The van der Waals surface area contributed by atoms with E-state index < -0.39 is 17.8 Å². The quantitative estimate of drug-likeness (QED) is 0.875. The molecule has 0 saturated carbocycles. The lowest BCUT2D eigenvalue weighted by Gasteiger charge is -2.24. The van der Waals surface area contributed by atoms with E-state index in [2.05, 4.69) is 10.3 Å². The Morgan fingerprint density at radius 3 is 2.80 bits per heavy atom. The third-order valence-corrected chi connectivity index (χ3v) is 3.27. The zero-order chi connectivity index (χ0) is 14.9. The van der Waals surface area contributed by atoms with Crippen LogP contribution in [0.2, 0.25) is 0 Å². The molecule has 1 aliphatic rings. The Labute approximate surface area is 118 Å². The van der Waals surface area contributed by atoms with Gasteiger partial charge in [0.1, 0.15) is 5.60 Å². The molecule has 20 heavy (non-hydrogen) atoms. The summed E-state index contributed by atoms with van der Waals surface area (Å²) in [5.74, 6) is -0.169. The van der Waals surface area contributed by atoms with Crippen molar-refractivity contribution in [3.63, 3.8) is 0 Å². The lowest BCUT2D eigenvalue weighted by atomic mass is 10.0. The largest absolute Gasteiger partial charge is 0.444 e. The molecule has 2 atom stereocenters. The predicted octanol–water partition coefficient (Wildman–Crippen LogP) is 0.993. The first-order valence-corrected chi connectivity index (χ1v) is 6.86. The minimum absolute atomic E-state index is 0.169. The fraction of sp³-hybridized carbons (Fsp3) is 0.769. The van der Waals surface area contributed by atoms with Crippen molar-refractivity contribution in [2.24, 2.45) is 0 Å². The summed E-state index contributed by atoms with van der Waals surface area (Å²) >= 11 is 0. The average molecular weight is 282 g/mol. The molecular weight excluding hydrogens is 260 g/mol. The maximum absolute atomic E-state index is 12.0. The summed E-state index contributed by atoms with van der Waals surface area (Å²) in [5, 5.41) is 18.0. The summed E-state index contributed by atoms with van der Waals surface area (Å²) in [6.45, 7) is 8.81. The minimum Gasteiger partial charge on any atom is -0.444 e. The normalized spacial score (nSPS) is 23.1. The van der Waals surface area contributed by atoms with Gasteiger partial charge in [-0.1, -0.05) is 5.21 Å². The Morgan fingerprint density at radius 1 is 1.50 bits per heavy atom. The number of likely N-dealkylation sites (tertiary alicyclic amines) is 1. The minimum atomic E-state index is -0.619. The molecule has 0 spiro atoms. The van der Waals surface area contributed by atoms with E-state index in [1.54, 1.807) is 10.9 Å². The first-order chi connectivity index (χ1) is 9.31. The molecule has 0 bridgehead atoms. The van der Waals surface area contributed by atoms with Crippen molar-refractivity contribution >= 4 is 6.09 Å². The number of aliphatic hydroxyl groups is 1. The van der Waals surface area contributed by atoms with Crippen LogP contribution in [0.25, 0.3) is 0 Å². The molecule has 1 N–H and O–H groups in total. The number of β-amino-alcohol motifs (C(OH)–C–C–N with tert-alkyl or cyclic N) is 1. The summed E-state index contributed by atoms with van der Waals surface area (Å²) in [6, 6.07) is 0. The third kappa shape index (κ3) is 3.09. The number of nitrogens with zero attached hydrogens (tertiary/aromatic N) is 4. The van der Waals surface area contributed by atoms with Crippen molar-refractivity contribution in [1.82, 2.24) is 19.9 Å². The Morgan fingerprint density at radius 2 is 2.20 bits per heavy atom. The Kier molecular flexibility index (Phi) is 3.99. The van der Waals surface area contributed by atoms with Gasteiger partial charge in [-0.05, 0) is 27.7 Å². The van der Waals surface area contributed by atoms with Crippen LogP contribution >= 0.6 is 0 Å². The molecule has 2 heterocycles. The number of aliphatic hydroxyl groups excluding tert-OH is 1. The van der Waals surface area contributed by atoms with Gasteiger partial charge >= 0.3 is 6.09 Å². The molecule has 1 aliphatic heterocycles. The van der Waals surface area contributed by atoms with Crippen LogP contribution in [0.4, 0.5) is 4.79 Å². The molecule has 0 aromatic carbocycles. The van der Waals surface area contributed by atoms with Gasteiger partial charge < -0.3 is 14.7 Å². The predicted molar refractivity (Wildman–Crippen MR) is 72.3 cm³/mol. The van der Waals surface area contributed by atoms with Crippen molar-refractivity contribution in [2.45, 2.75) is 51.9 Å². The Bertz CT molecular complexity index is 480. The van der Waals surface area contributed by atoms with E-state index in [4.69, 9.17) is 4.74 Å². The van der Waals surface area contributed by atoms with Gasteiger partial charge in [0.05, 0.1) is 24.5 Å². The number of aryl methyl sites for hydroxylation is 1. The van der Waals surface area contributed by atoms with Gasteiger partial charge in [-0.2, -0.15) is 0 Å². The second-order valence-electron chi connectivity index (χ2n) is 6.03. The molecule has 0 unspecified atom stereocenters. The van der Waals surface area contributed by atoms with E-state index in [1.807, 2.05) is 27.7 Å². The van der Waals surface area contributed by atoms with Gasteiger partial charge in [0, 0.05) is 19.0 Å². The fourth-order valence-electron chi connectivity index (χ4n) is 2.35. The Balaban J connectivity index is 2.08. The van der Waals surface area contributed by atoms with Gasteiger partial charge in [-0.3, -0.25) is 0 Å². The topological polar surface area (TPSA) is 80.5 Å². The molecule has 7 heteroatoms. The second-order valence-corrected chi connectivity index (χ2v) is 6.03. The number of carbonyl (C=O) groups excluding carboxylic acids is 1. The zero-order valence-corrected chi connectivity index (χ0v) is 12.4. The maximum Gasteiger partial charge on any atom is 0.410 e. The van der Waals surface area contributed by atoms with E-state index in [-0.39, 0.29) is 12.5 Å². The van der Waals surface area contributed by atoms with Crippen LogP contribution in [0.1, 0.15) is 39.3 Å². The number of carbonyl (C=O) groups is 1. The molecular formula is C13H22N4O3. The monoisotopic (exact) mass is 282 g/mol. The van der Waals surface area contributed by atoms with Gasteiger partial charge in [0.15, 0.2) is 0 Å². The van der Waals surface area contributed by atoms with Crippen LogP contribution in [0.3, 0.4) is 0 Å². The highest BCUT2D eigenvalue weighted by Crippen LogP contribution is 2.28. The zero-order valence-electron chi connectivity index (χ0n) is 12.4. The highest BCUT2D eigenvalue weighted by Gasteiger charge is 2.38. The summed E-state index contributed by atoms with van der Waals surface area (Å²) in [7, 11) is 0. The Hall–Kier alpha value is -1.63. The lowest BCUT2D eigenvalue weighted by Crippen LogP contribution is -2.35. The number of hydrogen-bond acceptors (Lipinski definition) is 5. The number of aromatic nitrogens is 3.